The lowest BCUT2D eigenvalue weighted by molar-refractivity contribution is 0.355. The molecule has 0 radical (unpaired) electrons. The van der Waals surface area contributed by atoms with Crippen LogP contribution in [0.25, 0.3) is 0 Å². The second kappa shape index (κ2) is 6.09. The van der Waals surface area contributed by atoms with Crippen molar-refractivity contribution in [3.8, 4) is 0 Å². The predicted octanol–water partition coefficient (Wildman–Crippen LogP) is 3.11. The molecule has 2 rings (SSSR count). The third-order valence-corrected chi connectivity index (χ3v) is 6.10. The summed E-state index contributed by atoms with van der Waals surface area (Å²) in [6.07, 6.45) is 1.79. The lowest BCUT2D eigenvalue weighted by atomic mass is 9.96. The van der Waals surface area contributed by atoms with Gasteiger partial charge in [0.1, 0.15) is 0 Å². The highest BCUT2D eigenvalue weighted by atomic mass is 32.2. The maximum Gasteiger partial charge on any atom is 0.152 e. The Morgan fingerprint density at radius 2 is 1.81 bits per heavy atom. The van der Waals surface area contributed by atoms with E-state index in [0.29, 0.717) is 18.1 Å². The number of rotatable bonds is 5. The number of hydrogen-bond donors (Lipinski definition) is 1. The van der Waals surface area contributed by atoms with Crippen molar-refractivity contribution in [2.75, 3.05) is 11.5 Å². The Labute approximate surface area is 129 Å². The van der Waals surface area contributed by atoms with Crippen LogP contribution in [0.3, 0.4) is 0 Å². The molecule has 3 nitrogen and oxygen atoms in total. The lowest BCUT2D eigenvalue weighted by Gasteiger charge is -2.29. The van der Waals surface area contributed by atoms with Crippen LogP contribution in [0.2, 0.25) is 0 Å². The maximum atomic E-state index is 11.7. The summed E-state index contributed by atoms with van der Waals surface area (Å²) >= 11 is 0. The van der Waals surface area contributed by atoms with Gasteiger partial charge < -0.3 is 5.32 Å². The highest BCUT2D eigenvalue weighted by molar-refractivity contribution is 7.91. The van der Waals surface area contributed by atoms with Crippen LogP contribution in [0.5, 0.6) is 0 Å². The molecule has 1 fully saturated rings. The third kappa shape index (κ3) is 4.55. The Kier molecular flexibility index (Phi) is 4.79. The first-order valence-electron chi connectivity index (χ1n) is 7.76. The highest BCUT2D eigenvalue weighted by Crippen LogP contribution is 2.27. The Morgan fingerprint density at radius 3 is 2.29 bits per heavy atom. The van der Waals surface area contributed by atoms with E-state index in [1.807, 2.05) is 6.92 Å². The van der Waals surface area contributed by atoms with E-state index >= 15 is 0 Å². The Hall–Kier alpha value is -0.870. The van der Waals surface area contributed by atoms with E-state index in [1.165, 1.54) is 11.1 Å². The Balaban J connectivity index is 2.02. The fourth-order valence-electron chi connectivity index (χ4n) is 3.14. The number of sulfone groups is 1. The van der Waals surface area contributed by atoms with Crippen molar-refractivity contribution in [1.29, 1.82) is 0 Å². The molecule has 0 aromatic heterocycles. The molecular formula is C17H27NO2S. The number of benzene rings is 1. The predicted molar refractivity (Wildman–Crippen MR) is 88.2 cm³/mol. The van der Waals surface area contributed by atoms with Gasteiger partial charge in [-0.25, -0.2) is 8.42 Å². The van der Waals surface area contributed by atoms with Crippen molar-refractivity contribution in [2.45, 2.75) is 52.1 Å². The van der Waals surface area contributed by atoms with Crippen LogP contribution < -0.4 is 5.32 Å². The summed E-state index contributed by atoms with van der Waals surface area (Å²) in [5, 5.41) is 3.51. The quantitative estimate of drug-likeness (QED) is 0.909. The van der Waals surface area contributed by atoms with Gasteiger partial charge >= 0.3 is 0 Å². The summed E-state index contributed by atoms with van der Waals surface area (Å²) in [5.41, 5.74) is 2.28. The molecule has 0 bridgehead atoms. The molecule has 1 saturated heterocycles. The molecule has 1 aromatic carbocycles. The van der Waals surface area contributed by atoms with Crippen LogP contribution >= 0.6 is 0 Å². The summed E-state index contributed by atoms with van der Waals surface area (Å²) < 4.78 is 23.3. The van der Waals surface area contributed by atoms with Gasteiger partial charge in [-0.05, 0) is 43.7 Å². The monoisotopic (exact) mass is 309 g/mol. The van der Waals surface area contributed by atoms with E-state index in [9.17, 15) is 8.42 Å². The van der Waals surface area contributed by atoms with Crippen LogP contribution in [0.1, 0.15) is 51.3 Å². The topological polar surface area (TPSA) is 46.2 Å². The van der Waals surface area contributed by atoms with Crippen LogP contribution in [-0.4, -0.2) is 25.5 Å². The Morgan fingerprint density at radius 1 is 1.19 bits per heavy atom. The molecule has 1 aromatic rings. The molecule has 1 aliphatic rings. The van der Waals surface area contributed by atoms with Crippen molar-refractivity contribution < 1.29 is 8.42 Å². The molecule has 2 atom stereocenters. The summed E-state index contributed by atoms with van der Waals surface area (Å²) in [6, 6.07) is 8.84. The fraction of sp³-hybridized carbons (Fsp3) is 0.647. The average molecular weight is 309 g/mol. The van der Waals surface area contributed by atoms with E-state index in [2.05, 4.69) is 50.4 Å². The summed E-state index contributed by atoms with van der Waals surface area (Å²) in [5.74, 6) is 1.21. The second-order valence-corrected chi connectivity index (χ2v) is 9.29. The van der Waals surface area contributed by atoms with Gasteiger partial charge in [0.15, 0.2) is 9.84 Å². The SMILES string of the molecule is CC(C)Cc1ccc(C(C)NC2(C)CCS(=O)(=O)C2)cc1. The van der Waals surface area contributed by atoms with Crippen LogP contribution in [-0.2, 0) is 16.3 Å². The molecule has 0 aliphatic carbocycles. The van der Waals surface area contributed by atoms with Crippen molar-refractivity contribution >= 4 is 9.84 Å². The van der Waals surface area contributed by atoms with Gasteiger partial charge in [-0.3, -0.25) is 0 Å². The second-order valence-electron chi connectivity index (χ2n) is 7.11. The zero-order chi connectivity index (χ0) is 15.7. The minimum absolute atomic E-state index is 0.163. The third-order valence-electron chi connectivity index (χ3n) is 4.19. The molecule has 2 unspecified atom stereocenters. The van der Waals surface area contributed by atoms with Crippen LogP contribution in [0, 0.1) is 5.92 Å². The molecular weight excluding hydrogens is 282 g/mol. The molecule has 0 spiro atoms. The Bertz CT molecular complexity index is 577. The zero-order valence-corrected chi connectivity index (χ0v) is 14.3. The van der Waals surface area contributed by atoms with E-state index < -0.39 is 9.84 Å². The van der Waals surface area contributed by atoms with E-state index in [4.69, 9.17) is 0 Å². The van der Waals surface area contributed by atoms with Crippen molar-refractivity contribution in [1.82, 2.24) is 5.32 Å². The zero-order valence-electron chi connectivity index (χ0n) is 13.5. The van der Waals surface area contributed by atoms with Crippen molar-refractivity contribution in [2.24, 2.45) is 5.92 Å². The lowest BCUT2D eigenvalue weighted by Crippen LogP contribution is -2.44. The van der Waals surface area contributed by atoms with E-state index in [0.717, 1.165) is 6.42 Å². The van der Waals surface area contributed by atoms with Crippen LogP contribution in [0.4, 0.5) is 0 Å². The summed E-state index contributed by atoms with van der Waals surface area (Å²) in [6.45, 7) is 8.56. The van der Waals surface area contributed by atoms with Crippen LogP contribution in [0.15, 0.2) is 24.3 Å². The van der Waals surface area contributed by atoms with Crippen molar-refractivity contribution in [3.63, 3.8) is 0 Å². The van der Waals surface area contributed by atoms with Gasteiger partial charge in [0, 0.05) is 11.6 Å². The normalized spacial score (nSPS) is 26.1. The molecule has 1 aliphatic heterocycles. The molecule has 4 heteroatoms. The van der Waals surface area contributed by atoms with Gasteiger partial charge in [-0.2, -0.15) is 0 Å². The maximum absolute atomic E-state index is 11.7. The molecule has 1 heterocycles. The van der Waals surface area contributed by atoms with E-state index in [1.54, 1.807) is 0 Å². The summed E-state index contributed by atoms with van der Waals surface area (Å²) in [7, 11) is -2.86. The number of hydrogen-bond acceptors (Lipinski definition) is 3. The minimum Gasteiger partial charge on any atom is -0.304 e. The number of nitrogens with one attached hydrogen (secondary N) is 1. The molecule has 1 N–H and O–H groups in total. The van der Waals surface area contributed by atoms with Gasteiger partial charge in [-0.1, -0.05) is 38.1 Å². The molecule has 0 saturated carbocycles. The largest absolute Gasteiger partial charge is 0.304 e. The highest BCUT2D eigenvalue weighted by Gasteiger charge is 2.38. The van der Waals surface area contributed by atoms with Gasteiger partial charge in [0.05, 0.1) is 11.5 Å². The first-order chi connectivity index (χ1) is 9.69. The fourth-order valence-corrected chi connectivity index (χ4v) is 5.25. The van der Waals surface area contributed by atoms with Gasteiger partial charge in [-0.15, -0.1) is 0 Å². The van der Waals surface area contributed by atoms with Gasteiger partial charge in [0.25, 0.3) is 0 Å². The molecule has 0 amide bonds. The van der Waals surface area contributed by atoms with Crippen molar-refractivity contribution in [3.05, 3.63) is 35.4 Å². The average Bonchev–Trinajstić information content (AvgIpc) is 2.63. The standard InChI is InChI=1S/C17H27NO2S/c1-13(2)11-15-5-7-16(8-6-15)14(3)18-17(4)9-10-21(19,20)12-17/h5-8,13-14,18H,9-12H2,1-4H3. The molecule has 21 heavy (non-hydrogen) atoms. The van der Waals surface area contributed by atoms with Gasteiger partial charge in [0.2, 0.25) is 0 Å². The van der Waals surface area contributed by atoms with E-state index in [-0.39, 0.29) is 17.3 Å². The first kappa shape index (κ1) is 16.5. The molecule has 118 valence electrons. The summed E-state index contributed by atoms with van der Waals surface area (Å²) in [4.78, 5) is 0. The first-order valence-corrected chi connectivity index (χ1v) is 9.58. The minimum atomic E-state index is -2.86. The smallest absolute Gasteiger partial charge is 0.152 e.